The van der Waals surface area contributed by atoms with Gasteiger partial charge in [-0.25, -0.2) is 9.59 Å². The molecule has 3 N–H and O–H groups in total. The molecule has 0 heterocycles. The number of anilines is 1. The van der Waals surface area contributed by atoms with Gasteiger partial charge in [-0.2, -0.15) is 0 Å². The first-order chi connectivity index (χ1) is 10.4. The average molecular weight is 307 g/mol. The van der Waals surface area contributed by atoms with E-state index in [2.05, 4.69) is 20.5 Å². The van der Waals surface area contributed by atoms with E-state index in [0.29, 0.717) is 11.4 Å². The van der Waals surface area contributed by atoms with E-state index in [1.165, 1.54) is 7.11 Å². The lowest BCUT2D eigenvalue weighted by Crippen LogP contribution is -2.46. The fourth-order valence-electron chi connectivity index (χ4n) is 1.79. The third kappa shape index (κ3) is 4.76. The minimum absolute atomic E-state index is 0.0935. The van der Waals surface area contributed by atoms with Crippen molar-refractivity contribution in [3.8, 4) is 0 Å². The number of rotatable bonds is 5. The zero-order valence-electron chi connectivity index (χ0n) is 13.1. The lowest BCUT2D eigenvalue weighted by atomic mass is 10.1. The van der Waals surface area contributed by atoms with Crippen LogP contribution < -0.4 is 10.6 Å². The number of methoxy groups -OCH3 is 1. The van der Waals surface area contributed by atoms with Gasteiger partial charge in [-0.05, 0) is 30.5 Å². The summed E-state index contributed by atoms with van der Waals surface area (Å²) in [6, 6.07) is 5.56. The van der Waals surface area contributed by atoms with E-state index in [-0.39, 0.29) is 5.92 Å². The highest BCUT2D eigenvalue weighted by Gasteiger charge is 2.24. The van der Waals surface area contributed by atoms with Gasteiger partial charge in [0.1, 0.15) is 6.04 Å². The number of carbonyl (C=O) groups is 2. The molecular weight excluding hydrogens is 286 g/mol. The molecule has 0 aliphatic rings. The lowest BCUT2D eigenvalue weighted by Gasteiger charge is -2.20. The molecule has 1 rings (SSSR count). The fourth-order valence-corrected chi connectivity index (χ4v) is 1.79. The number of amides is 2. The van der Waals surface area contributed by atoms with Crippen molar-refractivity contribution in [3.05, 3.63) is 29.8 Å². The first kappa shape index (κ1) is 17.5. The van der Waals surface area contributed by atoms with Crippen molar-refractivity contribution in [2.24, 2.45) is 11.1 Å². The van der Waals surface area contributed by atoms with Crippen molar-refractivity contribution in [2.75, 3.05) is 12.4 Å². The molecule has 0 saturated carbocycles. The Morgan fingerprint density at radius 3 is 2.27 bits per heavy atom. The van der Waals surface area contributed by atoms with Gasteiger partial charge in [0, 0.05) is 5.69 Å². The molecule has 7 heteroatoms. The van der Waals surface area contributed by atoms with Crippen LogP contribution in [0.15, 0.2) is 29.4 Å². The molecule has 0 radical (unpaired) electrons. The largest absolute Gasteiger partial charge is 0.467 e. The highest BCUT2D eigenvalue weighted by molar-refractivity contribution is 5.99. The molecule has 0 spiro atoms. The van der Waals surface area contributed by atoms with Crippen molar-refractivity contribution >= 4 is 23.4 Å². The van der Waals surface area contributed by atoms with Gasteiger partial charge in [-0.1, -0.05) is 31.1 Å². The predicted octanol–water partition coefficient (Wildman–Crippen LogP) is 2.20. The molecule has 0 bridgehead atoms. The minimum atomic E-state index is -0.715. The number of nitrogens with one attached hydrogen (secondary N) is 2. The molecule has 1 unspecified atom stereocenters. The molecule has 0 aromatic heterocycles. The summed E-state index contributed by atoms with van der Waals surface area (Å²) >= 11 is 0. The van der Waals surface area contributed by atoms with E-state index in [1.54, 1.807) is 31.2 Å². The van der Waals surface area contributed by atoms with Crippen molar-refractivity contribution in [2.45, 2.75) is 26.8 Å². The summed E-state index contributed by atoms with van der Waals surface area (Å²) < 4.78 is 4.66. The molecule has 1 aromatic carbocycles. The Balaban J connectivity index is 2.70. The molecule has 0 fully saturated rings. The monoisotopic (exact) mass is 307 g/mol. The van der Waals surface area contributed by atoms with Crippen LogP contribution in [0.4, 0.5) is 10.5 Å². The Morgan fingerprint density at radius 2 is 1.82 bits per heavy atom. The second kappa shape index (κ2) is 8.02. The molecule has 0 saturated heterocycles. The summed E-state index contributed by atoms with van der Waals surface area (Å²) in [5.41, 5.74) is 1.77. The normalized spacial score (nSPS) is 12.7. The van der Waals surface area contributed by atoms with Crippen LogP contribution in [0.1, 0.15) is 26.3 Å². The van der Waals surface area contributed by atoms with Crippen molar-refractivity contribution in [3.63, 3.8) is 0 Å². The topological polar surface area (TPSA) is 100 Å². The minimum Gasteiger partial charge on any atom is -0.467 e. The molecular formula is C15H21N3O4. The van der Waals surface area contributed by atoms with E-state index in [4.69, 9.17) is 5.21 Å². The van der Waals surface area contributed by atoms with E-state index in [0.717, 1.165) is 5.56 Å². The number of urea groups is 1. The Labute approximate surface area is 129 Å². The zero-order valence-corrected chi connectivity index (χ0v) is 13.1. The van der Waals surface area contributed by atoms with Crippen molar-refractivity contribution in [1.82, 2.24) is 5.32 Å². The maximum Gasteiger partial charge on any atom is 0.328 e. The number of oxime groups is 1. The number of ether oxygens (including phenoxy) is 1. The highest BCUT2D eigenvalue weighted by Crippen LogP contribution is 2.11. The summed E-state index contributed by atoms with van der Waals surface area (Å²) in [5, 5.41) is 17.0. The first-order valence-corrected chi connectivity index (χ1v) is 6.83. The number of hydrogen-bond acceptors (Lipinski definition) is 5. The Bertz CT molecular complexity index is 552. The van der Waals surface area contributed by atoms with E-state index < -0.39 is 18.0 Å². The molecule has 7 nitrogen and oxygen atoms in total. The van der Waals surface area contributed by atoms with Gasteiger partial charge in [0.05, 0.1) is 12.8 Å². The number of esters is 1. The standard InChI is InChI=1S/C15H21N3O4/c1-9(2)13(14(19)22-4)17-15(20)16-12-7-5-11(6-8-12)10(3)18-21/h5-9,13,21H,1-4H3,(H2,16,17,20). The van der Waals surface area contributed by atoms with Crippen LogP contribution in [0.3, 0.4) is 0 Å². The van der Waals surface area contributed by atoms with Gasteiger partial charge in [0.15, 0.2) is 0 Å². The summed E-state index contributed by atoms with van der Waals surface area (Å²) in [4.78, 5) is 23.5. The van der Waals surface area contributed by atoms with Gasteiger partial charge in [-0.3, -0.25) is 0 Å². The van der Waals surface area contributed by atoms with Crippen LogP contribution >= 0.6 is 0 Å². The fraction of sp³-hybridized carbons (Fsp3) is 0.400. The van der Waals surface area contributed by atoms with Gasteiger partial charge in [-0.15, -0.1) is 0 Å². The maximum atomic E-state index is 11.9. The number of carbonyl (C=O) groups excluding carboxylic acids is 2. The Hall–Kier alpha value is -2.57. The molecule has 0 aliphatic heterocycles. The molecule has 120 valence electrons. The molecule has 2 amide bonds. The maximum absolute atomic E-state index is 11.9. The van der Waals surface area contributed by atoms with E-state index >= 15 is 0 Å². The second-order valence-corrected chi connectivity index (χ2v) is 5.11. The van der Waals surface area contributed by atoms with Crippen LogP contribution in [0.2, 0.25) is 0 Å². The van der Waals surface area contributed by atoms with Crippen molar-refractivity contribution in [1.29, 1.82) is 0 Å². The Kier molecular flexibility index (Phi) is 6.37. The predicted molar refractivity (Wildman–Crippen MR) is 83.2 cm³/mol. The first-order valence-electron chi connectivity index (χ1n) is 6.83. The summed E-state index contributed by atoms with van der Waals surface area (Å²) in [5.74, 6) is -0.584. The molecule has 22 heavy (non-hydrogen) atoms. The van der Waals surface area contributed by atoms with E-state index in [9.17, 15) is 9.59 Å². The average Bonchev–Trinajstić information content (AvgIpc) is 2.51. The SMILES string of the molecule is COC(=O)C(NC(=O)Nc1ccc(C(C)=NO)cc1)C(C)C. The molecule has 1 atom stereocenters. The van der Waals surface area contributed by atoms with E-state index in [1.807, 2.05) is 13.8 Å². The summed E-state index contributed by atoms with van der Waals surface area (Å²) in [6.07, 6.45) is 0. The zero-order chi connectivity index (χ0) is 16.7. The second-order valence-electron chi connectivity index (χ2n) is 5.11. The summed E-state index contributed by atoms with van der Waals surface area (Å²) in [7, 11) is 1.28. The molecule has 0 aliphatic carbocycles. The number of nitrogens with zero attached hydrogens (tertiary/aromatic N) is 1. The Morgan fingerprint density at radius 1 is 1.23 bits per heavy atom. The van der Waals surface area contributed by atoms with Crippen molar-refractivity contribution < 1.29 is 19.5 Å². The van der Waals surface area contributed by atoms with Crippen LogP contribution in [-0.4, -0.2) is 36.1 Å². The summed E-state index contributed by atoms with van der Waals surface area (Å²) in [6.45, 7) is 5.29. The van der Waals surface area contributed by atoms with Gasteiger partial charge >= 0.3 is 12.0 Å². The van der Waals surface area contributed by atoms with Crippen LogP contribution in [-0.2, 0) is 9.53 Å². The van der Waals surface area contributed by atoms with Gasteiger partial charge in [0.2, 0.25) is 0 Å². The third-order valence-corrected chi connectivity index (χ3v) is 3.12. The number of benzene rings is 1. The number of hydrogen-bond donors (Lipinski definition) is 3. The van der Waals surface area contributed by atoms with Crippen LogP contribution in [0.5, 0.6) is 0 Å². The van der Waals surface area contributed by atoms with Gasteiger partial charge in [0.25, 0.3) is 0 Å². The highest BCUT2D eigenvalue weighted by atomic mass is 16.5. The van der Waals surface area contributed by atoms with Gasteiger partial charge < -0.3 is 20.6 Å². The molecule has 1 aromatic rings. The van der Waals surface area contributed by atoms with Crippen LogP contribution in [0, 0.1) is 5.92 Å². The third-order valence-electron chi connectivity index (χ3n) is 3.12. The smallest absolute Gasteiger partial charge is 0.328 e. The lowest BCUT2D eigenvalue weighted by molar-refractivity contribution is -0.143. The quantitative estimate of drug-likeness (QED) is 0.336. The van der Waals surface area contributed by atoms with Crippen LogP contribution in [0.25, 0.3) is 0 Å².